The van der Waals surface area contributed by atoms with Crippen molar-refractivity contribution in [2.75, 3.05) is 13.1 Å². The number of benzene rings is 1. The lowest BCUT2D eigenvalue weighted by Gasteiger charge is -2.32. The number of hydrogen-bond donors (Lipinski definition) is 1. The van der Waals surface area contributed by atoms with Crippen molar-refractivity contribution >= 4 is 16.8 Å². The van der Waals surface area contributed by atoms with Crippen molar-refractivity contribution in [3.8, 4) is 0 Å². The first kappa shape index (κ1) is 17.5. The number of para-hydroxylation sites is 1. The number of aryl methyl sites for hydroxylation is 1. The molecule has 28 heavy (non-hydrogen) atoms. The van der Waals surface area contributed by atoms with Crippen LogP contribution in [0.25, 0.3) is 10.9 Å². The number of carbonyl (C=O) groups is 1. The Morgan fingerprint density at radius 1 is 1.11 bits per heavy atom. The number of likely N-dealkylation sites (tertiary alicyclic amines) is 1. The Bertz CT molecular complexity index is 988. The van der Waals surface area contributed by atoms with Crippen molar-refractivity contribution in [3.05, 3.63) is 47.7 Å². The summed E-state index contributed by atoms with van der Waals surface area (Å²) in [6.07, 6.45) is 9.26. The molecule has 1 fully saturated rings. The van der Waals surface area contributed by atoms with E-state index < -0.39 is 0 Å². The molecule has 2 aliphatic rings. The minimum absolute atomic E-state index is 0.213. The molecule has 1 amide bonds. The van der Waals surface area contributed by atoms with Gasteiger partial charge in [0.05, 0.1) is 6.42 Å². The van der Waals surface area contributed by atoms with Crippen molar-refractivity contribution in [1.82, 2.24) is 24.6 Å². The number of amides is 1. The largest absolute Gasteiger partial charge is 0.361 e. The third kappa shape index (κ3) is 3.21. The maximum Gasteiger partial charge on any atom is 0.227 e. The average molecular weight is 377 g/mol. The lowest BCUT2D eigenvalue weighted by Crippen LogP contribution is -2.40. The highest BCUT2D eigenvalue weighted by Crippen LogP contribution is 2.29. The Labute approximate surface area is 164 Å². The van der Waals surface area contributed by atoms with Gasteiger partial charge in [0.1, 0.15) is 11.6 Å². The van der Waals surface area contributed by atoms with E-state index in [0.29, 0.717) is 12.3 Å². The molecule has 1 N–H and O–H groups in total. The highest BCUT2D eigenvalue weighted by molar-refractivity contribution is 5.88. The van der Waals surface area contributed by atoms with E-state index >= 15 is 0 Å². The van der Waals surface area contributed by atoms with Crippen LogP contribution >= 0.6 is 0 Å². The van der Waals surface area contributed by atoms with Gasteiger partial charge in [-0.25, -0.2) is 0 Å². The fourth-order valence-corrected chi connectivity index (χ4v) is 4.78. The first-order valence-electron chi connectivity index (χ1n) is 10.5. The molecule has 1 unspecified atom stereocenters. The second-order valence-corrected chi connectivity index (χ2v) is 8.15. The fourth-order valence-electron chi connectivity index (χ4n) is 4.78. The Hall–Kier alpha value is -2.63. The van der Waals surface area contributed by atoms with Crippen molar-refractivity contribution in [1.29, 1.82) is 0 Å². The van der Waals surface area contributed by atoms with Gasteiger partial charge >= 0.3 is 0 Å². The molecule has 3 aromatic rings. The summed E-state index contributed by atoms with van der Waals surface area (Å²) >= 11 is 0. The van der Waals surface area contributed by atoms with Crippen molar-refractivity contribution in [2.24, 2.45) is 0 Å². The number of nitrogens with zero attached hydrogens (tertiary/aromatic N) is 4. The summed E-state index contributed by atoms with van der Waals surface area (Å²) in [5.74, 6) is 2.75. The number of rotatable bonds is 3. The van der Waals surface area contributed by atoms with Crippen LogP contribution in [0.15, 0.2) is 30.5 Å². The smallest absolute Gasteiger partial charge is 0.227 e. The third-order valence-corrected chi connectivity index (χ3v) is 6.29. The van der Waals surface area contributed by atoms with Crippen LogP contribution in [-0.2, 0) is 24.2 Å². The number of fused-ring (bicyclic) bond motifs is 2. The molecular formula is C22H27N5O. The maximum absolute atomic E-state index is 13.0. The molecule has 4 heterocycles. The third-order valence-electron chi connectivity index (χ3n) is 6.29. The predicted octanol–water partition coefficient (Wildman–Crippen LogP) is 3.43. The maximum atomic E-state index is 13.0. The molecule has 6 nitrogen and oxygen atoms in total. The lowest BCUT2D eigenvalue weighted by atomic mass is 9.96. The van der Waals surface area contributed by atoms with Crippen LogP contribution in [0, 0.1) is 0 Å². The normalized spacial score (nSPS) is 20.1. The van der Waals surface area contributed by atoms with Gasteiger partial charge in [0, 0.05) is 49.1 Å². The topological polar surface area (TPSA) is 66.8 Å². The Balaban J connectivity index is 1.32. The molecule has 0 saturated carbocycles. The van der Waals surface area contributed by atoms with Gasteiger partial charge in [0.2, 0.25) is 5.91 Å². The van der Waals surface area contributed by atoms with E-state index in [4.69, 9.17) is 0 Å². The van der Waals surface area contributed by atoms with Crippen molar-refractivity contribution in [2.45, 2.75) is 57.4 Å². The number of carbonyl (C=O) groups excluding carboxylic acids is 1. The number of nitrogens with one attached hydrogen (secondary N) is 1. The average Bonchev–Trinajstić information content (AvgIpc) is 3.25. The molecule has 0 spiro atoms. The van der Waals surface area contributed by atoms with Crippen LogP contribution in [0.3, 0.4) is 0 Å². The summed E-state index contributed by atoms with van der Waals surface area (Å²) in [5.41, 5.74) is 2.17. The Morgan fingerprint density at radius 3 is 3.00 bits per heavy atom. The zero-order chi connectivity index (χ0) is 18.9. The summed E-state index contributed by atoms with van der Waals surface area (Å²) in [6.45, 7) is 2.63. The van der Waals surface area contributed by atoms with Gasteiger partial charge in [-0.05, 0) is 37.3 Å². The molecule has 6 heteroatoms. The molecule has 1 atom stereocenters. The van der Waals surface area contributed by atoms with Gasteiger partial charge < -0.3 is 14.5 Å². The molecule has 2 aliphatic heterocycles. The molecule has 2 aromatic heterocycles. The Kier molecular flexibility index (Phi) is 4.63. The molecule has 0 aliphatic carbocycles. The summed E-state index contributed by atoms with van der Waals surface area (Å²) in [6, 6.07) is 8.18. The first-order chi connectivity index (χ1) is 13.8. The van der Waals surface area contributed by atoms with Crippen LogP contribution < -0.4 is 0 Å². The van der Waals surface area contributed by atoms with Crippen LogP contribution in [0.1, 0.15) is 55.2 Å². The molecule has 5 rings (SSSR count). The summed E-state index contributed by atoms with van der Waals surface area (Å²) in [4.78, 5) is 18.3. The summed E-state index contributed by atoms with van der Waals surface area (Å²) in [5, 5.41) is 10.2. The quantitative estimate of drug-likeness (QED) is 0.760. The van der Waals surface area contributed by atoms with E-state index in [1.165, 1.54) is 19.3 Å². The first-order valence-corrected chi connectivity index (χ1v) is 10.5. The molecule has 1 aromatic carbocycles. The fraction of sp³-hybridized carbons (Fsp3) is 0.500. The number of H-pyrrole nitrogens is 1. The van der Waals surface area contributed by atoms with Gasteiger partial charge in [-0.1, -0.05) is 24.6 Å². The van der Waals surface area contributed by atoms with Crippen molar-refractivity contribution in [3.63, 3.8) is 0 Å². The minimum atomic E-state index is 0.213. The van der Waals surface area contributed by atoms with Crippen molar-refractivity contribution < 1.29 is 4.79 Å². The van der Waals surface area contributed by atoms with E-state index in [0.717, 1.165) is 67.0 Å². The summed E-state index contributed by atoms with van der Waals surface area (Å²) < 4.78 is 2.34. The monoisotopic (exact) mass is 377 g/mol. The van der Waals surface area contributed by atoms with E-state index in [9.17, 15) is 4.79 Å². The van der Waals surface area contributed by atoms with Gasteiger partial charge in [0.15, 0.2) is 0 Å². The molecule has 1 saturated heterocycles. The van der Waals surface area contributed by atoms with Crippen LogP contribution in [0.5, 0.6) is 0 Å². The van der Waals surface area contributed by atoms with Crippen LogP contribution in [-0.4, -0.2) is 43.6 Å². The second-order valence-electron chi connectivity index (χ2n) is 8.15. The summed E-state index contributed by atoms with van der Waals surface area (Å²) in [7, 11) is 0. The predicted molar refractivity (Wildman–Crippen MR) is 108 cm³/mol. The van der Waals surface area contributed by atoms with E-state index in [-0.39, 0.29) is 5.91 Å². The lowest BCUT2D eigenvalue weighted by molar-refractivity contribution is -0.131. The highest BCUT2D eigenvalue weighted by atomic mass is 16.2. The van der Waals surface area contributed by atoms with E-state index in [1.807, 2.05) is 23.2 Å². The van der Waals surface area contributed by atoms with E-state index in [1.54, 1.807) is 0 Å². The Morgan fingerprint density at radius 2 is 2.04 bits per heavy atom. The standard InChI is InChI=1S/C22H27N5O/c28-21(13-17-14-23-19-9-4-3-8-18(17)19)26-11-6-7-16(15-26)22-25-24-20-10-2-1-5-12-27(20)22/h3-4,8-9,14,16,23H,1-2,5-7,10-13,15H2. The molecule has 0 radical (unpaired) electrons. The number of aromatic nitrogens is 4. The van der Waals surface area contributed by atoms with Gasteiger partial charge in [-0.2, -0.15) is 0 Å². The second kappa shape index (κ2) is 7.41. The molecular weight excluding hydrogens is 350 g/mol. The number of hydrogen-bond acceptors (Lipinski definition) is 3. The molecule has 0 bridgehead atoms. The highest BCUT2D eigenvalue weighted by Gasteiger charge is 2.29. The zero-order valence-corrected chi connectivity index (χ0v) is 16.2. The zero-order valence-electron chi connectivity index (χ0n) is 16.2. The van der Waals surface area contributed by atoms with Crippen LogP contribution in [0.2, 0.25) is 0 Å². The van der Waals surface area contributed by atoms with Gasteiger partial charge in [0.25, 0.3) is 0 Å². The van der Waals surface area contributed by atoms with Crippen LogP contribution in [0.4, 0.5) is 0 Å². The number of aromatic amines is 1. The number of piperidine rings is 1. The van der Waals surface area contributed by atoms with E-state index in [2.05, 4.69) is 31.9 Å². The van der Waals surface area contributed by atoms with Gasteiger partial charge in [-0.15, -0.1) is 10.2 Å². The minimum Gasteiger partial charge on any atom is -0.361 e. The van der Waals surface area contributed by atoms with Gasteiger partial charge in [-0.3, -0.25) is 4.79 Å². The molecule has 146 valence electrons. The SMILES string of the molecule is O=C(Cc1c[nH]c2ccccc12)N1CCCC(c2nnc3n2CCCCC3)C1.